The third kappa shape index (κ3) is 2.17. The van der Waals surface area contributed by atoms with Gasteiger partial charge in [-0.05, 0) is 12.1 Å². The molecule has 0 saturated carbocycles. The summed E-state index contributed by atoms with van der Waals surface area (Å²) in [5.41, 5.74) is 1.13. The van der Waals surface area contributed by atoms with Gasteiger partial charge in [0.05, 0.1) is 6.20 Å². The predicted octanol–water partition coefficient (Wildman–Crippen LogP) is 1.08. The number of nitrogens with zero attached hydrogens (tertiary/aromatic N) is 4. The molecule has 0 amide bonds. The SMILES string of the molecule is O=C(O)Cn1cc(-c2cccnc2Cl)nn1. The smallest absolute Gasteiger partial charge is 0.325 e. The molecule has 16 heavy (non-hydrogen) atoms. The number of aliphatic carboxylic acids is 1. The van der Waals surface area contributed by atoms with Crippen LogP contribution in [0, 0.1) is 0 Å². The molecule has 2 rings (SSSR count). The average Bonchev–Trinajstić information content (AvgIpc) is 2.66. The lowest BCUT2D eigenvalue weighted by atomic mass is 10.2. The molecule has 0 bridgehead atoms. The van der Waals surface area contributed by atoms with E-state index in [2.05, 4.69) is 15.3 Å². The van der Waals surface area contributed by atoms with E-state index in [4.69, 9.17) is 16.7 Å². The van der Waals surface area contributed by atoms with E-state index in [1.54, 1.807) is 18.3 Å². The molecule has 0 atom stereocenters. The van der Waals surface area contributed by atoms with Crippen molar-refractivity contribution in [3.8, 4) is 11.3 Å². The minimum absolute atomic E-state index is 0.231. The summed E-state index contributed by atoms with van der Waals surface area (Å²) in [5.74, 6) is -0.978. The first kappa shape index (κ1) is 10.6. The fourth-order valence-corrected chi connectivity index (χ4v) is 1.43. The van der Waals surface area contributed by atoms with Gasteiger partial charge in [-0.15, -0.1) is 5.10 Å². The number of halogens is 1. The van der Waals surface area contributed by atoms with Crippen LogP contribution in [0.15, 0.2) is 24.5 Å². The number of carboxylic acids is 1. The minimum Gasteiger partial charge on any atom is -0.480 e. The van der Waals surface area contributed by atoms with Gasteiger partial charge in [0, 0.05) is 11.8 Å². The lowest BCUT2D eigenvalue weighted by molar-refractivity contribution is -0.137. The third-order valence-electron chi connectivity index (χ3n) is 1.87. The van der Waals surface area contributed by atoms with Crippen molar-refractivity contribution in [2.75, 3.05) is 0 Å². The van der Waals surface area contributed by atoms with Crippen molar-refractivity contribution in [1.82, 2.24) is 20.0 Å². The zero-order valence-electron chi connectivity index (χ0n) is 8.04. The zero-order valence-corrected chi connectivity index (χ0v) is 8.79. The van der Waals surface area contributed by atoms with Crippen molar-refractivity contribution in [3.05, 3.63) is 29.7 Å². The van der Waals surface area contributed by atoms with Crippen LogP contribution in [0.2, 0.25) is 5.15 Å². The van der Waals surface area contributed by atoms with Gasteiger partial charge in [0.25, 0.3) is 0 Å². The van der Waals surface area contributed by atoms with Crippen molar-refractivity contribution < 1.29 is 9.90 Å². The van der Waals surface area contributed by atoms with E-state index in [1.165, 1.54) is 10.9 Å². The fourth-order valence-electron chi connectivity index (χ4n) is 1.21. The van der Waals surface area contributed by atoms with Gasteiger partial charge in [0.15, 0.2) is 0 Å². The van der Waals surface area contributed by atoms with Gasteiger partial charge >= 0.3 is 5.97 Å². The summed E-state index contributed by atoms with van der Waals surface area (Å²) in [5, 5.41) is 16.4. The molecule has 0 aliphatic carbocycles. The molecule has 2 aromatic heterocycles. The topological polar surface area (TPSA) is 80.9 Å². The maximum absolute atomic E-state index is 10.5. The molecule has 0 aromatic carbocycles. The molecule has 0 aliphatic rings. The molecular weight excluding hydrogens is 232 g/mol. The van der Waals surface area contributed by atoms with E-state index in [1.807, 2.05) is 0 Å². The molecule has 0 fully saturated rings. The molecule has 7 heteroatoms. The quantitative estimate of drug-likeness (QED) is 0.810. The second kappa shape index (κ2) is 4.28. The van der Waals surface area contributed by atoms with Crippen LogP contribution < -0.4 is 0 Å². The van der Waals surface area contributed by atoms with Crippen molar-refractivity contribution in [1.29, 1.82) is 0 Å². The first-order valence-electron chi connectivity index (χ1n) is 4.39. The molecule has 2 aromatic rings. The van der Waals surface area contributed by atoms with Crippen LogP contribution in [0.3, 0.4) is 0 Å². The first-order valence-corrected chi connectivity index (χ1v) is 4.77. The molecule has 0 saturated heterocycles. The summed E-state index contributed by atoms with van der Waals surface area (Å²) in [6, 6.07) is 3.46. The summed E-state index contributed by atoms with van der Waals surface area (Å²) in [7, 11) is 0. The van der Waals surface area contributed by atoms with E-state index < -0.39 is 5.97 Å². The lowest BCUT2D eigenvalue weighted by Crippen LogP contribution is -2.08. The standard InChI is InChI=1S/C9H7ClN4O2/c10-9-6(2-1-3-11-9)7-4-14(13-12-7)5-8(15)16/h1-4H,5H2,(H,15,16). The van der Waals surface area contributed by atoms with Crippen LogP contribution >= 0.6 is 11.6 Å². The highest BCUT2D eigenvalue weighted by molar-refractivity contribution is 6.31. The highest BCUT2D eigenvalue weighted by atomic mass is 35.5. The average molecular weight is 239 g/mol. The van der Waals surface area contributed by atoms with Crippen LogP contribution in [-0.2, 0) is 11.3 Å². The van der Waals surface area contributed by atoms with Gasteiger partial charge < -0.3 is 5.11 Å². The van der Waals surface area contributed by atoms with Gasteiger partial charge in [-0.3, -0.25) is 4.79 Å². The molecule has 0 radical (unpaired) electrons. The number of aromatic nitrogens is 4. The number of carboxylic acid groups (broad SMARTS) is 1. The van der Waals surface area contributed by atoms with Crippen LogP contribution in [-0.4, -0.2) is 31.1 Å². The Hall–Kier alpha value is -1.95. The number of rotatable bonds is 3. The van der Waals surface area contributed by atoms with E-state index in [-0.39, 0.29) is 6.54 Å². The molecule has 82 valence electrons. The Bertz CT molecular complexity index is 526. The van der Waals surface area contributed by atoms with Gasteiger partial charge in [-0.25, -0.2) is 9.67 Å². The Morgan fingerprint density at radius 3 is 3.06 bits per heavy atom. The summed E-state index contributed by atoms with van der Waals surface area (Å²) < 4.78 is 1.22. The molecule has 2 heterocycles. The van der Waals surface area contributed by atoms with Gasteiger partial charge in [-0.2, -0.15) is 0 Å². The van der Waals surface area contributed by atoms with E-state index in [9.17, 15) is 4.79 Å². The first-order chi connectivity index (χ1) is 7.66. The largest absolute Gasteiger partial charge is 0.480 e. The summed E-state index contributed by atoms with van der Waals surface area (Å²) >= 11 is 5.87. The zero-order chi connectivity index (χ0) is 11.5. The van der Waals surface area contributed by atoms with Crippen LogP contribution in [0.5, 0.6) is 0 Å². The number of hydrogen-bond acceptors (Lipinski definition) is 4. The van der Waals surface area contributed by atoms with Gasteiger partial charge in [-0.1, -0.05) is 16.8 Å². The van der Waals surface area contributed by atoms with Gasteiger partial charge in [0.1, 0.15) is 17.4 Å². The maximum Gasteiger partial charge on any atom is 0.325 e. The van der Waals surface area contributed by atoms with Crippen molar-refractivity contribution in [2.45, 2.75) is 6.54 Å². The van der Waals surface area contributed by atoms with Crippen molar-refractivity contribution >= 4 is 17.6 Å². The van der Waals surface area contributed by atoms with Crippen LogP contribution in [0.25, 0.3) is 11.3 Å². The Balaban J connectivity index is 2.32. The lowest BCUT2D eigenvalue weighted by Gasteiger charge is -1.96. The Labute approximate surface area is 95.5 Å². The normalized spacial score (nSPS) is 10.3. The van der Waals surface area contributed by atoms with Crippen molar-refractivity contribution in [3.63, 3.8) is 0 Å². The highest BCUT2D eigenvalue weighted by Gasteiger charge is 2.09. The minimum atomic E-state index is -0.978. The Morgan fingerprint density at radius 1 is 1.56 bits per heavy atom. The summed E-state index contributed by atoms with van der Waals surface area (Å²) in [4.78, 5) is 14.4. The van der Waals surface area contributed by atoms with Gasteiger partial charge in [0.2, 0.25) is 0 Å². The molecule has 0 aliphatic heterocycles. The maximum atomic E-state index is 10.5. The fraction of sp³-hybridized carbons (Fsp3) is 0.111. The van der Waals surface area contributed by atoms with E-state index >= 15 is 0 Å². The second-order valence-corrected chi connectivity index (χ2v) is 3.39. The van der Waals surface area contributed by atoms with Crippen molar-refractivity contribution in [2.24, 2.45) is 0 Å². The molecular formula is C9H7ClN4O2. The summed E-state index contributed by atoms with van der Waals surface area (Å²) in [6.07, 6.45) is 3.07. The number of pyridine rings is 1. The Morgan fingerprint density at radius 2 is 2.38 bits per heavy atom. The number of carbonyl (C=O) groups is 1. The van der Waals surface area contributed by atoms with Crippen LogP contribution in [0.4, 0.5) is 0 Å². The van der Waals surface area contributed by atoms with Crippen LogP contribution in [0.1, 0.15) is 0 Å². The highest BCUT2D eigenvalue weighted by Crippen LogP contribution is 2.22. The van der Waals surface area contributed by atoms with E-state index in [0.29, 0.717) is 16.4 Å². The third-order valence-corrected chi connectivity index (χ3v) is 2.17. The summed E-state index contributed by atoms with van der Waals surface area (Å²) in [6.45, 7) is -0.231. The molecule has 0 spiro atoms. The molecule has 0 unspecified atom stereocenters. The molecule has 6 nitrogen and oxygen atoms in total. The second-order valence-electron chi connectivity index (χ2n) is 3.04. The monoisotopic (exact) mass is 238 g/mol. The number of hydrogen-bond donors (Lipinski definition) is 1. The predicted molar refractivity (Wildman–Crippen MR) is 55.9 cm³/mol. The Kier molecular flexibility index (Phi) is 2.82. The molecule has 1 N–H and O–H groups in total. The van der Waals surface area contributed by atoms with E-state index in [0.717, 1.165) is 0 Å².